The van der Waals surface area contributed by atoms with Crippen molar-refractivity contribution in [2.45, 2.75) is 26.5 Å². The summed E-state index contributed by atoms with van der Waals surface area (Å²) in [7, 11) is 1.65. The van der Waals surface area contributed by atoms with Crippen LogP contribution in [0, 0.1) is 6.92 Å². The maximum absolute atomic E-state index is 5.89. The molecular weight excluding hydrogens is 254 g/mol. The van der Waals surface area contributed by atoms with Crippen molar-refractivity contribution in [3.05, 3.63) is 47.9 Å². The van der Waals surface area contributed by atoms with Gasteiger partial charge in [0.05, 0.1) is 19.9 Å². The monoisotopic (exact) mass is 275 g/mol. The average molecular weight is 275 g/mol. The minimum Gasteiger partial charge on any atom is -0.493 e. The summed E-state index contributed by atoms with van der Waals surface area (Å²) in [6, 6.07) is 9.76. The second-order valence-corrected chi connectivity index (χ2v) is 4.79. The van der Waals surface area contributed by atoms with Gasteiger partial charge in [0.2, 0.25) is 0 Å². The fraction of sp³-hybridized carbons (Fsp3) is 0.375. The topological polar surface area (TPSA) is 43.6 Å². The molecule has 1 atom stereocenters. The van der Waals surface area contributed by atoms with Gasteiger partial charge in [0.1, 0.15) is 11.9 Å². The van der Waals surface area contributed by atoms with Crippen molar-refractivity contribution in [1.82, 2.24) is 5.32 Å². The second-order valence-electron chi connectivity index (χ2n) is 4.79. The van der Waals surface area contributed by atoms with E-state index in [1.165, 1.54) is 0 Å². The predicted octanol–water partition coefficient (Wildman–Crippen LogP) is 3.15. The summed E-state index contributed by atoms with van der Waals surface area (Å²) in [6.07, 6.45) is 1.72. The second kappa shape index (κ2) is 7.01. The van der Waals surface area contributed by atoms with Crippen LogP contribution in [-0.2, 0) is 6.54 Å². The van der Waals surface area contributed by atoms with Crippen LogP contribution in [0.15, 0.2) is 41.0 Å². The molecule has 20 heavy (non-hydrogen) atoms. The van der Waals surface area contributed by atoms with Crippen LogP contribution >= 0.6 is 0 Å². The van der Waals surface area contributed by atoms with E-state index in [1.54, 1.807) is 13.4 Å². The number of nitrogens with one attached hydrogen (secondary N) is 1. The fourth-order valence-electron chi connectivity index (χ4n) is 1.94. The number of hydrogen-bond donors (Lipinski definition) is 1. The van der Waals surface area contributed by atoms with Gasteiger partial charge >= 0.3 is 0 Å². The number of methoxy groups -OCH3 is 1. The third kappa shape index (κ3) is 4.03. The molecule has 0 fully saturated rings. The maximum Gasteiger partial charge on any atom is 0.161 e. The van der Waals surface area contributed by atoms with E-state index in [2.05, 4.69) is 5.32 Å². The molecule has 108 valence electrons. The SMILES string of the molecule is COc1cc(C)ccc1OC(C)CNCc1ccco1. The van der Waals surface area contributed by atoms with Crippen LogP contribution in [0.4, 0.5) is 0 Å². The van der Waals surface area contributed by atoms with Crippen molar-refractivity contribution in [2.75, 3.05) is 13.7 Å². The van der Waals surface area contributed by atoms with E-state index in [4.69, 9.17) is 13.9 Å². The normalized spacial score (nSPS) is 12.2. The van der Waals surface area contributed by atoms with Crippen LogP contribution in [0.2, 0.25) is 0 Å². The van der Waals surface area contributed by atoms with E-state index in [-0.39, 0.29) is 6.10 Å². The smallest absolute Gasteiger partial charge is 0.161 e. The van der Waals surface area contributed by atoms with Gasteiger partial charge in [0, 0.05) is 6.54 Å². The van der Waals surface area contributed by atoms with E-state index in [0.717, 1.165) is 29.4 Å². The van der Waals surface area contributed by atoms with Crippen LogP contribution in [0.5, 0.6) is 11.5 Å². The standard InChI is InChI=1S/C16H21NO3/c1-12-6-7-15(16(9-12)18-3)20-13(2)10-17-11-14-5-4-8-19-14/h4-9,13,17H,10-11H2,1-3H3. The van der Waals surface area contributed by atoms with Gasteiger partial charge in [-0.25, -0.2) is 0 Å². The summed E-state index contributed by atoms with van der Waals surface area (Å²) < 4.78 is 16.5. The molecule has 0 bridgehead atoms. The molecule has 0 saturated carbocycles. The number of hydrogen-bond acceptors (Lipinski definition) is 4. The van der Waals surface area contributed by atoms with Crippen LogP contribution in [0.3, 0.4) is 0 Å². The molecule has 4 heteroatoms. The molecule has 1 unspecified atom stereocenters. The lowest BCUT2D eigenvalue weighted by molar-refractivity contribution is 0.206. The van der Waals surface area contributed by atoms with Crippen LogP contribution in [-0.4, -0.2) is 19.8 Å². The Morgan fingerprint density at radius 3 is 2.80 bits per heavy atom. The van der Waals surface area contributed by atoms with Gasteiger partial charge in [-0.15, -0.1) is 0 Å². The van der Waals surface area contributed by atoms with Gasteiger partial charge in [0.25, 0.3) is 0 Å². The number of aryl methyl sites for hydroxylation is 1. The number of ether oxygens (including phenoxy) is 2. The van der Waals surface area contributed by atoms with Gasteiger partial charge in [-0.3, -0.25) is 0 Å². The Morgan fingerprint density at radius 2 is 2.10 bits per heavy atom. The first-order valence-corrected chi connectivity index (χ1v) is 6.73. The Morgan fingerprint density at radius 1 is 1.25 bits per heavy atom. The summed E-state index contributed by atoms with van der Waals surface area (Å²) in [5, 5.41) is 3.30. The quantitative estimate of drug-likeness (QED) is 0.843. The predicted molar refractivity (Wildman–Crippen MR) is 78.2 cm³/mol. The highest BCUT2D eigenvalue weighted by Gasteiger charge is 2.09. The lowest BCUT2D eigenvalue weighted by Crippen LogP contribution is -2.28. The minimum atomic E-state index is 0.0431. The molecule has 1 N–H and O–H groups in total. The molecule has 1 aromatic carbocycles. The van der Waals surface area contributed by atoms with E-state index >= 15 is 0 Å². The first kappa shape index (κ1) is 14.5. The summed E-state index contributed by atoms with van der Waals surface area (Å²) >= 11 is 0. The zero-order valence-corrected chi connectivity index (χ0v) is 12.2. The largest absolute Gasteiger partial charge is 0.493 e. The average Bonchev–Trinajstić information content (AvgIpc) is 2.94. The molecule has 0 radical (unpaired) electrons. The first-order valence-electron chi connectivity index (χ1n) is 6.73. The Bertz CT molecular complexity index is 523. The van der Waals surface area contributed by atoms with Crippen LogP contribution in [0.1, 0.15) is 18.2 Å². The Hall–Kier alpha value is -1.94. The van der Waals surface area contributed by atoms with Gasteiger partial charge in [0.15, 0.2) is 11.5 Å². The van der Waals surface area contributed by atoms with Crippen molar-refractivity contribution in [3.8, 4) is 11.5 Å². The van der Waals surface area contributed by atoms with Crippen molar-refractivity contribution in [3.63, 3.8) is 0 Å². The van der Waals surface area contributed by atoms with Crippen LogP contribution < -0.4 is 14.8 Å². The molecule has 2 rings (SSSR count). The number of furan rings is 1. The molecule has 1 heterocycles. The highest BCUT2D eigenvalue weighted by molar-refractivity contribution is 5.42. The zero-order valence-electron chi connectivity index (χ0n) is 12.2. The lowest BCUT2D eigenvalue weighted by Gasteiger charge is -2.17. The molecule has 0 aliphatic carbocycles. The summed E-state index contributed by atoms with van der Waals surface area (Å²) in [6.45, 7) is 5.48. The summed E-state index contributed by atoms with van der Waals surface area (Å²) in [4.78, 5) is 0. The van der Waals surface area contributed by atoms with E-state index in [1.807, 2.05) is 44.2 Å². The highest BCUT2D eigenvalue weighted by atomic mass is 16.5. The number of benzene rings is 1. The van der Waals surface area contributed by atoms with Gasteiger partial charge in [-0.1, -0.05) is 6.07 Å². The molecule has 0 aliphatic heterocycles. The molecule has 0 spiro atoms. The highest BCUT2D eigenvalue weighted by Crippen LogP contribution is 2.28. The minimum absolute atomic E-state index is 0.0431. The first-order chi connectivity index (χ1) is 9.69. The molecule has 0 saturated heterocycles. The third-order valence-corrected chi connectivity index (χ3v) is 2.96. The summed E-state index contributed by atoms with van der Waals surface area (Å²) in [5.74, 6) is 2.46. The fourth-order valence-corrected chi connectivity index (χ4v) is 1.94. The Balaban J connectivity index is 1.83. The van der Waals surface area contributed by atoms with E-state index in [9.17, 15) is 0 Å². The van der Waals surface area contributed by atoms with Gasteiger partial charge in [-0.2, -0.15) is 0 Å². The molecule has 4 nitrogen and oxygen atoms in total. The molecule has 2 aromatic rings. The van der Waals surface area contributed by atoms with Crippen molar-refractivity contribution >= 4 is 0 Å². The van der Waals surface area contributed by atoms with E-state index < -0.39 is 0 Å². The van der Waals surface area contributed by atoms with Gasteiger partial charge < -0.3 is 19.2 Å². The molecule has 1 aromatic heterocycles. The lowest BCUT2D eigenvalue weighted by atomic mass is 10.2. The third-order valence-electron chi connectivity index (χ3n) is 2.96. The van der Waals surface area contributed by atoms with Crippen molar-refractivity contribution in [1.29, 1.82) is 0 Å². The Labute approximate surface area is 119 Å². The Kier molecular flexibility index (Phi) is 5.07. The zero-order chi connectivity index (χ0) is 14.4. The van der Waals surface area contributed by atoms with Gasteiger partial charge in [-0.05, 0) is 43.7 Å². The van der Waals surface area contributed by atoms with E-state index in [0.29, 0.717) is 6.54 Å². The molecule has 0 aliphatic rings. The molecular formula is C16H21NO3. The summed E-state index contributed by atoms with van der Waals surface area (Å²) in [5.41, 5.74) is 1.15. The number of rotatable bonds is 7. The maximum atomic E-state index is 5.89. The molecule has 0 amide bonds. The van der Waals surface area contributed by atoms with Crippen molar-refractivity contribution in [2.24, 2.45) is 0 Å². The van der Waals surface area contributed by atoms with Crippen molar-refractivity contribution < 1.29 is 13.9 Å². The van der Waals surface area contributed by atoms with Crippen LogP contribution in [0.25, 0.3) is 0 Å².